The predicted octanol–water partition coefficient (Wildman–Crippen LogP) is 0.708. The van der Waals surface area contributed by atoms with Crippen molar-refractivity contribution in [3.8, 4) is 0 Å². The number of nitrogens with zero attached hydrogens (tertiary/aromatic N) is 2. The molecule has 0 aliphatic carbocycles. The van der Waals surface area contributed by atoms with Gasteiger partial charge in [-0.15, -0.1) is 0 Å². The fourth-order valence-corrected chi connectivity index (χ4v) is 4.50. The zero-order valence-electron chi connectivity index (χ0n) is 15.7. The minimum absolute atomic E-state index is 0.0290. The summed E-state index contributed by atoms with van der Waals surface area (Å²) in [5.74, 6) is -0.120. The molecule has 0 bridgehead atoms. The lowest BCUT2D eigenvalue weighted by molar-refractivity contribution is -0.0678. The average Bonchev–Trinajstić information content (AvgIpc) is 3.09. The number of hydrogen-bond acceptors (Lipinski definition) is 6. The molecule has 2 heterocycles. The van der Waals surface area contributed by atoms with Crippen molar-refractivity contribution in [2.75, 3.05) is 39.1 Å². The molecule has 2 fully saturated rings. The van der Waals surface area contributed by atoms with Crippen LogP contribution < -0.4 is 5.32 Å². The van der Waals surface area contributed by atoms with Gasteiger partial charge in [0.2, 0.25) is 10.0 Å². The smallest absolute Gasteiger partial charge is 0.341 e. The Morgan fingerprint density at radius 1 is 1.25 bits per heavy atom. The minimum atomic E-state index is -3.72. The number of sulfonamides is 1. The molecular formula is C18H25N3O6S. The molecule has 1 aromatic carbocycles. The number of ether oxygens (including phenoxy) is 1. The highest BCUT2D eigenvalue weighted by atomic mass is 32.2. The molecule has 2 aliphatic rings. The second kappa shape index (κ2) is 8.06. The van der Waals surface area contributed by atoms with E-state index in [9.17, 15) is 23.1 Å². The normalized spacial score (nSPS) is 20.9. The van der Waals surface area contributed by atoms with Crippen LogP contribution in [0.2, 0.25) is 0 Å². The Morgan fingerprint density at radius 2 is 1.89 bits per heavy atom. The lowest BCUT2D eigenvalue weighted by Crippen LogP contribution is -2.51. The van der Waals surface area contributed by atoms with Gasteiger partial charge in [-0.2, -0.15) is 0 Å². The Balaban J connectivity index is 1.74. The SMILES string of the molecule is CS(=O)(=O)N1CCN(C(=O)NCC(O)(c2ccccc2)C2CCOCC2)C1=O. The lowest BCUT2D eigenvalue weighted by Gasteiger charge is -2.39. The second-order valence-electron chi connectivity index (χ2n) is 7.10. The number of carbonyl (C=O) groups is 2. The van der Waals surface area contributed by atoms with E-state index in [1.165, 1.54) is 0 Å². The highest BCUT2D eigenvalue weighted by Crippen LogP contribution is 2.35. The lowest BCUT2D eigenvalue weighted by atomic mass is 9.77. The number of imide groups is 1. The topological polar surface area (TPSA) is 116 Å². The van der Waals surface area contributed by atoms with E-state index >= 15 is 0 Å². The molecule has 2 saturated heterocycles. The minimum Gasteiger partial charge on any atom is -0.383 e. The van der Waals surface area contributed by atoms with Crippen molar-refractivity contribution in [1.29, 1.82) is 0 Å². The van der Waals surface area contributed by atoms with Gasteiger partial charge < -0.3 is 15.2 Å². The van der Waals surface area contributed by atoms with E-state index in [2.05, 4.69) is 5.32 Å². The molecule has 2 aliphatic heterocycles. The monoisotopic (exact) mass is 411 g/mol. The Labute approximate surface area is 164 Å². The van der Waals surface area contributed by atoms with E-state index in [0.29, 0.717) is 35.9 Å². The van der Waals surface area contributed by atoms with E-state index in [-0.39, 0.29) is 25.6 Å². The van der Waals surface area contributed by atoms with Crippen LogP contribution in [0.4, 0.5) is 9.59 Å². The van der Waals surface area contributed by atoms with Crippen LogP contribution in [0.5, 0.6) is 0 Å². The quantitative estimate of drug-likeness (QED) is 0.737. The first-order valence-corrected chi connectivity index (χ1v) is 11.0. The zero-order valence-corrected chi connectivity index (χ0v) is 16.5. The van der Waals surface area contributed by atoms with Crippen LogP contribution in [0, 0.1) is 5.92 Å². The van der Waals surface area contributed by atoms with Crippen molar-refractivity contribution in [1.82, 2.24) is 14.5 Å². The van der Waals surface area contributed by atoms with E-state index in [0.717, 1.165) is 11.2 Å². The Hall–Kier alpha value is -2.17. The zero-order chi connectivity index (χ0) is 20.4. The standard InChI is InChI=1S/C18H25N3O6S/c1-28(25,26)21-10-9-20(17(21)23)16(22)19-13-18(24,14-5-3-2-4-6-14)15-7-11-27-12-8-15/h2-6,15,24H,7-13H2,1H3,(H,19,22). The van der Waals surface area contributed by atoms with Crippen LogP contribution in [-0.4, -0.2) is 73.9 Å². The molecule has 4 amide bonds. The van der Waals surface area contributed by atoms with Gasteiger partial charge in [0.15, 0.2) is 0 Å². The van der Waals surface area contributed by atoms with Gasteiger partial charge in [0.05, 0.1) is 25.9 Å². The van der Waals surface area contributed by atoms with Crippen LogP contribution >= 0.6 is 0 Å². The molecule has 0 radical (unpaired) electrons. The largest absolute Gasteiger partial charge is 0.383 e. The van der Waals surface area contributed by atoms with Crippen molar-refractivity contribution >= 4 is 22.1 Å². The van der Waals surface area contributed by atoms with Crippen LogP contribution in [-0.2, 0) is 20.4 Å². The first kappa shape index (κ1) is 20.6. The van der Waals surface area contributed by atoms with Gasteiger partial charge in [-0.05, 0) is 24.3 Å². The van der Waals surface area contributed by atoms with Crippen molar-refractivity contribution in [3.63, 3.8) is 0 Å². The van der Waals surface area contributed by atoms with Crippen molar-refractivity contribution in [3.05, 3.63) is 35.9 Å². The first-order chi connectivity index (χ1) is 13.2. The maximum atomic E-state index is 12.5. The molecule has 0 aromatic heterocycles. The van der Waals surface area contributed by atoms with Crippen LogP contribution in [0.15, 0.2) is 30.3 Å². The molecule has 2 N–H and O–H groups in total. The summed E-state index contributed by atoms with van der Waals surface area (Å²) in [6.07, 6.45) is 2.21. The summed E-state index contributed by atoms with van der Waals surface area (Å²) < 4.78 is 29.3. The predicted molar refractivity (Wildman–Crippen MR) is 101 cm³/mol. The van der Waals surface area contributed by atoms with Crippen LogP contribution in [0.3, 0.4) is 0 Å². The number of carbonyl (C=O) groups excluding carboxylic acids is 2. The number of aliphatic hydroxyl groups is 1. The fourth-order valence-electron chi connectivity index (χ4n) is 3.70. The molecule has 10 heteroatoms. The number of nitrogens with one attached hydrogen (secondary N) is 1. The molecule has 3 rings (SSSR count). The van der Waals surface area contributed by atoms with Gasteiger partial charge in [-0.3, -0.25) is 0 Å². The van der Waals surface area contributed by atoms with Gasteiger partial charge in [-0.1, -0.05) is 30.3 Å². The van der Waals surface area contributed by atoms with Gasteiger partial charge in [0.1, 0.15) is 5.60 Å². The number of amides is 4. The summed E-state index contributed by atoms with van der Waals surface area (Å²) >= 11 is 0. The summed E-state index contributed by atoms with van der Waals surface area (Å²) in [5.41, 5.74) is -0.646. The van der Waals surface area contributed by atoms with E-state index in [1.54, 1.807) is 12.1 Å². The summed E-state index contributed by atoms with van der Waals surface area (Å²) in [4.78, 5) is 25.6. The molecule has 154 valence electrons. The highest BCUT2D eigenvalue weighted by Gasteiger charge is 2.42. The molecule has 1 aromatic rings. The summed E-state index contributed by atoms with van der Waals surface area (Å²) in [6, 6.07) is 7.47. The number of rotatable bonds is 5. The summed E-state index contributed by atoms with van der Waals surface area (Å²) in [7, 11) is -3.72. The fraction of sp³-hybridized carbons (Fsp3) is 0.556. The number of urea groups is 2. The highest BCUT2D eigenvalue weighted by molar-refractivity contribution is 7.88. The molecule has 9 nitrogen and oxygen atoms in total. The third kappa shape index (κ3) is 4.13. The van der Waals surface area contributed by atoms with Gasteiger partial charge >= 0.3 is 12.1 Å². The number of hydrogen-bond donors (Lipinski definition) is 2. The van der Waals surface area contributed by atoms with E-state index in [4.69, 9.17) is 4.74 Å². The summed E-state index contributed by atoms with van der Waals surface area (Å²) in [6.45, 7) is 0.860. The molecule has 28 heavy (non-hydrogen) atoms. The number of benzene rings is 1. The average molecular weight is 411 g/mol. The molecule has 1 unspecified atom stereocenters. The third-order valence-corrected chi connectivity index (χ3v) is 6.44. The van der Waals surface area contributed by atoms with Gasteiger partial charge in [0.25, 0.3) is 0 Å². The third-order valence-electron chi connectivity index (χ3n) is 5.30. The summed E-state index contributed by atoms with van der Waals surface area (Å²) in [5, 5.41) is 14.1. The van der Waals surface area contributed by atoms with E-state index in [1.807, 2.05) is 18.2 Å². The van der Waals surface area contributed by atoms with Gasteiger partial charge in [-0.25, -0.2) is 27.2 Å². The second-order valence-corrected chi connectivity index (χ2v) is 9.01. The Morgan fingerprint density at radius 3 is 2.46 bits per heavy atom. The Bertz CT molecular complexity index is 825. The maximum absolute atomic E-state index is 12.5. The first-order valence-electron chi connectivity index (χ1n) is 9.16. The van der Waals surface area contributed by atoms with Crippen molar-refractivity contribution < 1.29 is 27.9 Å². The van der Waals surface area contributed by atoms with Crippen molar-refractivity contribution in [2.45, 2.75) is 18.4 Å². The van der Waals surface area contributed by atoms with Crippen molar-refractivity contribution in [2.24, 2.45) is 5.92 Å². The van der Waals surface area contributed by atoms with E-state index < -0.39 is 27.7 Å². The molecule has 0 spiro atoms. The van der Waals surface area contributed by atoms with Crippen LogP contribution in [0.1, 0.15) is 18.4 Å². The molecule has 0 saturated carbocycles. The van der Waals surface area contributed by atoms with Crippen LogP contribution in [0.25, 0.3) is 0 Å². The maximum Gasteiger partial charge on any atom is 0.341 e. The molecular weight excluding hydrogens is 386 g/mol. The van der Waals surface area contributed by atoms with Gasteiger partial charge in [0, 0.05) is 13.2 Å². The molecule has 1 atom stereocenters. The Kier molecular flexibility index (Phi) is 5.92.